The minimum absolute atomic E-state index is 0.00174. The maximum Gasteiger partial charge on any atom is 0.237 e. The van der Waals surface area contributed by atoms with Crippen LogP contribution in [0.15, 0.2) is 18.2 Å². The number of benzene rings is 1. The highest BCUT2D eigenvalue weighted by Gasteiger charge is 2.43. The van der Waals surface area contributed by atoms with E-state index in [-0.39, 0.29) is 15.9 Å². The lowest BCUT2D eigenvalue weighted by Crippen LogP contribution is -2.49. The van der Waals surface area contributed by atoms with Gasteiger partial charge in [0.2, 0.25) is 5.91 Å². The average molecular weight is 317 g/mol. The van der Waals surface area contributed by atoms with Crippen LogP contribution in [0.3, 0.4) is 0 Å². The van der Waals surface area contributed by atoms with Gasteiger partial charge >= 0.3 is 0 Å². The van der Waals surface area contributed by atoms with Crippen molar-refractivity contribution in [2.45, 2.75) is 12.8 Å². The number of ether oxygens (including phenoxy) is 1. The summed E-state index contributed by atoms with van der Waals surface area (Å²) in [6.45, 7) is 0.833. The Kier molecular flexibility index (Phi) is 4.57. The molecule has 0 saturated carbocycles. The Morgan fingerprint density at radius 1 is 1.45 bits per heavy atom. The normalized spacial score (nSPS) is 17.5. The Bertz CT molecular complexity index is 547. The molecular weight excluding hydrogens is 303 g/mol. The number of nitrogens with two attached hydrogens (primary N) is 1. The summed E-state index contributed by atoms with van der Waals surface area (Å²) >= 11 is 10.6. The Morgan fingerprint density at radius 2 is 2.10 bits per heavy atom. The third kappa shape index (κ3) is 2.92. The summed E-state index contributed by atoms with van der Waals surface area (Å²) in [5.41, 5.74) is 5.11. The number of thiocarbonyl (C=S) groups is 1. The van der Waals surface area contributed by atoms with Crippen molar-refractivity contribution in [3.8, 4) is 0 Å². The molecule has 4 nitrogen and oxygen atoms in total. The Hall–Kier alpha value is -1.24. The van der Waals surface area contributed by atoms with E-state index in [2.05, 4.69) is 5.32 Å². The highest BCUT2D eigenvalue weighted by Crippen LogP contribution is 2.33. The van der Waals surface area contributed by atoms with E-state index in [0.717, 1.165) is 6.07 Å². The fourth-order valence-corrected chi connectivity index (χ4v) is 2.54. The van der Waals surface area contributed by atoms with Gasteiger partial charge in [-0.05, 0) is 31.0 Å². The highest BCUT2D eigenvalue weighted by molar-refractivity contribution is 7.80. The predicted octanol–water partition coefficient (Wildman–Crippen LogP) is 2.50. The number of hydrogen-bond donors (Lipinski definition) is 2. The smallest absolute Gasteiger partial charge is 0.237 e. The molecule has 1 aromatic rings. The number of anilines is 1. The van der Waals surface area contributed by atoms with E-state index in [1.807, 2.05) is 0 Å². The Balaban J connectivity index is 2.20. The van der Waals surface area contributed by atoms with Gasteiger partial charge in [-0.15, -0.1) is 0 Å². The van der Waals surface area contributed by atoms with Gasteiger partial charge in [0.05, 0.1) is 10.0 Å². The van der Waals surface area contributed by atoms with Gasteiger partial charge in [-0.2, -0.15) is 0 Å². The number of carbonyl (C=O) groups excluding carboxylic acids is 1. The van der Waals surface area contributed by atoms with E-state index in [0.29, 0.717) is 31.7 Å². The zero-order valence-corrected chi connectivity index (χ0v) is 12.2. The molecule has 108 valence electrons. The van der Waals surface area contributed by atoms with Crippen molar-refractivity contribution in [2.75, 3.05) is 18.5 Å². The van der Waals surface area contributed by atoms with Gasteiger partial charge in [-0.25, -0.2) is 4.39 Å². The fraction of sp³-hybridized carbons (Fsp3) is 0.385. The van der Waals surface area contributed by atoms with Crippen LogP contribution in [-0.4, -0.2) is 24.1 Å². The lowest BCUT2D eigenvalue weighted by Gasteiger charge is -2.34. The van der Waals surface area contributed by atoms with Crippen LogP contribution in [0.5, 0.6) is 0 Å². The monoisotopic (exact) mass is 316 g/mol. The van der Waals surface area contributed by atoms with Crippen LogP contribution in [0.2, 0.25) is 5.02 Å². The van der Waals surface area contributed by atoms with E-state index < -0.39 is 11.2 Å². The molecule has 1 amide bonds. The van der Waals surface area contributed by atoms with E-state index in [4.69, 9.17) is 34.3 Å². The molecule has 7 heteroatoms. The zero-order chi connectivity index (χ0) is 14.8. The molecule has 0 unspecified atom stereocenters. The number of amides is 1. The minimum Gasteiger partial charge on any atom is -0.392 e. The molecule has 20 heavy (non-hydrogen) atoms. The van der Waals surface area contributed by atoms with Crippen molar-refractivity contribution < 1.29 is 13.9 Å². The van der Waals surface area contributed by atoms with Crippen LogP contribution in [0.25, 0.3) is 0 Å². The lowest BCUT2D eigenvalue weighted by atomic mass is 9.79. The summed E-state index contributed by atoms with van der Waals surface area (Å²) in [4.78, 5) is 12.6. The van der Waals surface area contributed by atoms with Crippen LogP contribution in [-0.2, 0) is 9.53 Å². The van der Waals surface area contributed by atoms with Crippen molar-refractivity contribution in [3.05, 3.63) is 29.0 Å². The second-order valence-corrected chi connectivity index (χ2v) is 5.49. The van der Waals surface area contributed by atoms with E-state index in [1.165, 1.54) is 12.1 Å². The van der Waals surface area contributed by atoms with Gasteiger partial charge in [0.15, 0.2) is 0 Å². The number of hydrogen-bond acceptors (Lipinski definition) is 3. The summed E-state index contributed by atoms with van der Waals surface area (Å²) in [7, 11) is 0. The van der Waals surface area contributed by atoms with Crippen LogP contribution in [0, 0.1) is 11.2 Å². The Morgan fingerprint density at radius 3 is 2.65 bits per heavy atom. The topological polar surface area (TPSA) is 64.4 Å². The van der Waals surface area contributed by atoms with Crippen molar-refractivity contribution in [1.82, 2.24) is 0 Å². The first-order chi connectivity index (χ1) is 9.45. The van der Waals surface area contributed by atoms with Crippen LogP contribution >= 0.6 is 23.8 Å². The molecule has 0 bridgehead atoms. The van der Waals surface area contributed by atoms with Crippen molar-refractivity contribution in [1.29, 1.82) is 0 Å². The molecule has 0 radical (unpaired) electrons. The fourth-order valence-electron chi connectivity index (χ4n) is 2.13. The molecule has 0 spiro atoms. The van der Waals surface area contributed by atoms with Crippen LogP contribution < -0.4 is 11.1 Å². The van der Waals surface area contributed by atoms with Crippen molar-refractivity contribution in [3.63, 3.8) is 0 Å². The minimum atomic E-state index is -0.941. The third-order valence-electron chi connectivity index (χ3n) is 3.43. The van der Waals surface area contributed by atoms with Gasteiger partial charge in [-0.1, -0.05) is 23.8 Å². The van der Waals surface area contributed by atoms with Gasteiger partial charge in [-0.3, -0.25) is 4.79 Å². The molecule has 1 aromatic carbocycles. The van der Waals surface area contributed by atoms with E-state index in [9.17, 15) is 9.18 Å². The first-order valence-corrected chi connectivity index (χ1v) is 6.88. The average Bonchev–Trinajstić information content (AvgIpc) is 2.43. The Labute approximate surface area is 126 Å². The molecular formula is C13H14ClFN2O2S. The van der Waals surface area contributed by atoms with E-state index in [1.54, 1.807) is 0 Å². The van der Waals surface area contributed by atoms with Gasteiger partial charge in [0.25, 0.3) is 0 Å². The standard InChI is InChI=1S/C13H14ClFN2O2S/c14-9-2-1-8(7-10(9)15)17-12(18)13(11(16)20)3-5-19-6-4-13/h1-2,7H,3-6H2,(H2,16,20)(H,17,18). The van der Waals surface area contributed by atoms with Crippen LogP contribution in [0.4, 0.5) is 10.1 Å². The molecule has 1 fully saturated rings. The quantitative estimate of drug-likeness (QED) is 0.841. The van der Waals surface area contributed by atoms with Crippen molar-refractivity contribution in [2.24, 2.45) is 11.1 Å². The van der Waals surface area contributed by atoms with Crippen molar-refractivity contribution >= 4 is 40.4 Å². The lowest BCUT2D eigenvalue weighted by molar-refractivity contribution is -0.126. The summed E-state index contributed by atoms with van der Waals surface area (Å²) < 4.78 is 18.6. The summed E-state index contributed by atoms with van der Waals surface area (Å²) in [5, 5.41) is 2.64. The molecule has 1 heterocycles. The second kappa shape index (κ2) is 6.03. The first kappa shape index (κ1) is 15.2. The zero-order valence-electron chi connectivity index (χ0n) is 10.6. The maximum absolute atomic E-state index is 13.4. The second-order valence-electron chi connectivity index (χ2n) is 4.64. The van der Waals surface area contributed by atoms with Gasteiger partial charge in [0, 0.05) is 18.9 Å². The molecule has 0 atom stereocenters. The van der Waals surface area contributed by atoms with Gasteiger partial charge < -0.3 is 15.8 Å². The molecule has 0 aliphatic carbocycles. The molecule has 2 rings (SSSR count). The van der Waals surface area contributed by atoms with Gasteiger partial charge in [0.1, 0.15) is 11.2 Å². The van der Waals surface area contributed by atoms with E-state index >= 15 is 0 Å². The maximum atomic E-state index is 13.4. The molecule has 1 aliphatic rings. The number of nitrogens with one attached hydrogen (secondary N) is 1. The highest BCUT2D eigenvalue weighted by atomic mass is 35.5. The first-order valence-electron chi connectivity index (χ1n) is 6.10. The molecule has 3 N–H and O–H groups in total. The molecule has 1 saturated heterocycles. The predicted molar refractivity (Wildman–Crippen MR) is 79.3 cm³/mol. The SMILES string of the molecule is NC(=S)C1(C(=O)Nc2ccc(Cl)c(F)c2)CCOCC1. The molecule has 0 aromatic heterocycles. The third-order valence-corrected chi connectivity index (χ3v) is 4.13. The number of rotatable bonds is 3. The summed E-state index contributed by atoms with van der Waals surface area (Å²) in [5.74, 6) is -0.934. The van der Waals surface area contributed by atoms with Crippen LogP contribution in [0.1, 0.15) is 12.8 Å². The summed E-state index contributed by atoms with van der Waals surface area (Å²) in [6, 6.07) is 4.06. The molecule has 1 aliphatic heterocycles. The summed E-state index contributed by atoms with van der Waals surface area (Å²) in [6.07, 6.45) is 0.842. The number of carbonyl (C=O) groups is 1. The largest absolute Gasteiger partial charge is 0.392 e. The number of halogens is 2.